The summed E-state index contributed by atoms with van der Waals surface area (Å²) in [6.07, 6.45) is 6.55. The Morgan fingerprint density at radius 1 is 1.17 bits per heavy atom. The Morgan fingerprint density at radius 3 is 2.65 bits per heavy atom. The number of guanidine groups is 1. The zero-order valence-electron chi connectivity index (χ0n) is 14.2. The second-order valence-corrected chi connectivity index (χ2v) is 6.09. The predicted molar refractivity (Wildman–Crippen MR) is 94.1 cm³/mol. The van der Waals surface area contributed by atoms with Gasteiger partial charge in [0.15, 0.2) is 5.96 Å². The summed E-state index contributed by atoms with van der Waals surface area (Å²) < 4.78 is 13.1. The normalized spacial score (nSPS) is 16.9. The number of nitrogens with zero attached hydrogens (tertiary/aromatic N) is 2. The van der Waals surface area contributed by atoms with Gasteiger partial charge in [-0.3, -0.25) is 4.99 Å². The lowest BCUT2D eigenvalue weighted by Gasteiger charge is -2.20. The Kier molecular flexibility index (Phi) is 7.87. The molecule has 0 aliphatic carbocycles. The first-order valence-corrected chi connectivity index (χ1v) is 8.69. The molecule has 1 heterocycles. The molecule has 4 nitrogen and oxygen atoms in total. The topological polar surface area (TPSA) is 39.7 Å². The molecule has 0 bridgehead atoms. The van der Waals surface area contributed by atoms with Crippen LogP contribution in [0.5, 0.6) is 0 Å². The van der Waals surface area contributed by atoms with Crippen LogP contribution in [0.3, 0.4) is 0 Å². The highest BCUT2D eigenvalue weighted by atomic mass is 19.1. The summed E-state index contributed by atoms with van der Waals surface area (Å²) in [5.41, 5.74) is 0.914. The standard InChI is InChI=1S/C18H29FN4/c1-20-18(22-15-16-8-6-9-17(19)14-16)21-10-7-13-23-11-4-2-3-5-12-23/h6,8-9,14H,2-5,7,10-13,15H2,1H3,(H2,20,21,22). The maximum atomic E-state index is 13.1. The third-order valence-electron chi connectivity index (χ3n) is 4.21. The minimum Gasteiger partial charge on any atom is -0.356 e. The van der Waals surface area contributed by atoms with E-state index < -0.39 is 0 Å². The Hall–Kier alpha value is -1.62. The fourth-order valence-electron chi connectivity index (χ4n) is 2.92. The van der Waals surface area contributed by atoms with E-state index in [0.717, 1.165) is 31.0 Å². The second-order valence-electron chi connectivity index (χ2n) is 6.09. The van der Waals surface area contributed by atoms with Crippen LogP contribution in [-0.2, 0) is 6.54 Å². The lowest BCUT2D eigenvalue weighted by atomic mass is 10.2. The first kappa shape index (κ1) is 17.7. The molecule has 0 unspecified atom stereocenters. The molecule has 0 aromatic heterocycles. The minimum absolute atomic E-state index is 0.204. The lowest BCUT2D eigenvalue weighted by molar-refractivity contribution is 0.282. The SMILES string of the molecule is CN=C(NCCCN1CCCCCC1)NCc1cccc(F)c1. The number of aliphatic imine (C=N–C) groups is 1. The van der Waals surface area contributed by atoms with Crippen molar-refractivity contribution in [2.24, 2.45) is 4.99 Å². The van der Waals surface area contributed by atoms with Crippen LogP contribution in [0.4, 0.5) is 4.39 Å². The van der Waals surface area contributed by atoms with E-state index >= 15 is 0 Å². The summed E-state index contributed by atoms with van der Waals surface area (Å²) in [6, 6.07) is 6.63. The van der Waals surface area contributed by atoms with Crippen LogP contribution in [0.1, 0.15) is 37.7 Å². The average Bonchev–Trinajstić information content (AvgIpc) is 2.83. The highest BCUT2D eigenvalue weighted by Gasteiger charge is 2.08. The van der Waals surface area contributed by atoms with E-state index in [9.17, 15) is 4.39 Å². The molecule has 1 aromatic carbocycles. The third kappa shape index (κ3) is 6.99. The van der Waals surface area contributed by atoms with Gasteiger partial charge in [-0.2, -0.15) is 0 Å². The molecule has 0 radical (unpaired) electrons. The van der Waals surface area contributed by atoms with Crippen molar-refractivity contribution in [2.45, 2.75) is 38.6 Å². The van der Waals surface area contributed by atoms with E-state index in [4.69, 9.17) is 0 Å². The van der Waals surface area contributed by atoms with Gasteiger partial charge in [-0.25, -0.2) is 4.39 Å². The fraction of sp³-hybridized carbons (Fsp3) is 0.611. The average molecular weight is 320 g/mol. The van der Waals surface area contributed by atoms with Crippen LogP contribution in [0, 0.1) is 5.82 Å². The molecule has 2 rings (SSSR count). The number of benzene rings is 1. The largest absolute Gasteiger partial charge is 0.356 e. The van der Waals surface area contributed by atoms with Crippen LogP contribution in [-0.4, -0.2) is 44.1 Å². The highest BCUT2D eigenvalue weighted by molar-refractivity contribution is 5.79. The molecule has 1 aromatic rings. The first-order chi connectivity index (χ1) is 11.3. The molecule has 1 aliphatic rings. The van der Waals surface area contributed by atoms with Crippen molar-refractivity contribution in [3.8, 4) is 0 Å². The van der Waals surface area contributed by atoms with Crippen molar-refractivity contribution < 1.29 is 4.39 Å². The van der Waals surface area contributed by atoms with Gasteiger partial charge >= 0.3 is 0 Å². The van der Waals surface area contributed by atoms with Crippen LogP contribution in [0.25, 0.3) is 0 Å². The van der Waals surface area contributed by atoms with Crippen LogP contribution in [0.2, 0.25) is 0 Å². The van der Waals surface area contributed by atoms with Gasteiger partial charge in [-0.15, -0.1) is 0 Å². The summed E-state index contributed by atoms with van der Waals surface area (Å²) in [5.74, 6) is 0.565. The molecular weight excluding hydrogens is 291 g/mol. The number of hydrogen-bond acceptors (Lipinski definition) is 2. The molecule has 0 amide bonds. The van der Waals surface area contributed by atoms with E-state index in [0.29, 0.717) is 6.54 Å². The van der Waals surface area contributed by atoms with Gasteiger partial charge in [0.05, 0.1) is 0 Å². The molecule has 128 valence electrons. The van der Waals surface area contributed by atoms with Gasteiger partial charge in [0.1, 0.15) is 5.82 Å². The second kappa shape index (κ2) is 10.2. The van der Waals surface area contributed by atoms with Gasteiger partial charge in [-0.1, -0.05) is 25.0 Å². The van der Waals surface area contributed by atoms with Crippen LogP contribution >= 0.6 is 0 Å². The van der Waals surface area contributed by atoms with Gasteiger partial charge in [0, 0.05) is 20.1 Å². The zero-order chi connectivity index (χ0) is 16.3. The highest BCUT2D eigenvalue weighted by Crippen LogP contribution is 2.09. The molecule has 0 saturated carbocycles. The van der Waals surface area contributed by atoms with Crippen molar-refractivity contribution in [1.29, 1.82) is 0 Å². The number of hydrogen-bond donors (Lipinski definition) is 2. The summed E-state index contributed by atoms with van der Waals surface area (Å²) in [5, 5.41) is 6.55. The molecular formula is C18H29FN4. The summed E-state index contributed by atoms with van der Waals surface area (Å²) in [4.78, 5) is 6.78. The van der Waals surface area contributed by atoms with Crippen LogP contribution in [0.15, 0.2) is 29.3 Å². The van der Waals surface area contributed by atoms with Gasteiger partial charge in [-0.05, 0) is 56.6 Å². The molecule has 23 heavy (non-hydrogen) atoms. The van der Waals surface area contributed by atoms with E-state index in [1.165, 1.54) is 44.8 Å². The fourth-order valence-corrected chi connectivity index (χ4v) is 2.92. The molecule has 0 atom stereocenters. The Bertz CT molecular complexity index is 482. The number of halogens is 1. The Labute approximate surface area is 139 Å². The maximum absolute atomic E-state index is 13.1. The van der Waals surface area contributed by atoms with Crippen molar-refractivity contribution in [2.75, 3.05) is 33.2 Å². The third-order valence-corrected chi connectivity index (χ3v) is 4.21. The van der Waals surface area contributed by atoms with Crippen LogP contribution < -0.4 is 10.6 Å². The maximum Gasteiger partial charge on any atom is 0.191 e. The van der Waals surface area contributed by atoms with Crippen molar-refractivity contribution in [3.05, 3.63) is 35.6 Å². The van der Waals surface area contributed by atoms with E-state index in [2.05, 4.69) is 20.5 Å². The molecule has 1 fully saturated rings. The summed E-state index contributed by atoms with van der Waals surface area (Å²) in [6.45, 7) is 5.11. The molecule has 1 aliphatic heterocycles. The van der Waals surface area contributed by atoms with E-state index in [1.54, 1.807) is 19.2 Å². The van der Waals surface area contributed by atoms with E-state index in [1.807, 2.05) is 6.07 Å². The quantitative estimate of drug-likeness (QED) is 0.481. The zero-order valence-corrected chi connectivity index (χ0v) is 14.2. The Balaban J connectivity index is 1.63. The molecule has 0 spiro atoms. The smallest absolute Gasteiger partial charge is 0.191 e. The molecule has 1 saturated heterocycles. The van der Waals surface area contributed by atoms with E-state index in [-0.39, 0.29) is 5.82 Å². The van der Waals surface area contributed by atoms with Gasteiger partial charge < -0.3 is 15.5 Å². The Morgan fingerprint density at radius 2 is 1.96 bits per heavy atom. The molecule has 5 heteroatoms. The number of likely N-dealkylation sites (tertiary alicyclic amines) is 1. The van der Waals surface area contributed by atoms with Crippen molar-refractivity contribution in [1.82, 2.24) is 15.5 Å². The summed E-state index contributed by atoms with van der Waals surface area (Å²) in [7, 11) is 1.76. The monoisotopic (exact) mass is 320 g/mol. The minimum atomic E-state index is -0.204. The lowest BCUT2D eigenvalue weighted by Crippen LogP contribution is -2.38. The van der Waals surface area contributed by atoms with Crippen molar-refractivity contribution >= 4 is 5.96 Å². The van der Waals surface area contributed by atoms with Gasteiger partial charge in [0.25, 0.3) is 0 Å². The molecule has 2 N–H and O–H groups in total. The van der Waals surface area contributed by atoms with Gasteiger partial charge in [0.2, 0.25) is 0 Å². The number of rotatable bonds is 6. The number of nitrogens with one attached hydrogen (secondary N) is 2. The summed E-state index contributed by atoms with van der Waals surface area (Å²) >= 11 is 0. The van der Waals surface area contributed by atoms with Crippen molar-refractivity contribution in [3.63, 3.8) is 0 Å². The predicted octanol–water partition coefficient (Wildman–Crippen LogP) is 2.76. The first-order valence-electron chi connectivity index (χ1n) is 8.69.